The minimum Gasteiger partial charge on any atom is -0.494 e. The number of anilines is 1. The molecule has 1 aliphatic rings. The summed E-state index contributed by atoms with van der Waals surface area (Å²) in [7, 11) is 1.59. The second kappa shape index (κ2) is 7.09. The molecule has 0 radical (unpaired) electrons. The highest BCUT2D eigenvalue weighted by Gasteiger charge is 2.27. The van der Waals surface area contributed by atoms with Gasteiger partial charge in [-0.1, -0.05) is 17.4 Å². The molecule has 3 aromatic rings. The molecule has 0 saturated carbocycles. The predicted octanol–water partition coefficient (Wildman–Crippen LogP) is 3.32. The number of carbonyl (C=O) groups is 1. The number of ether oxygens (including phenoxy) is 3. The van der Waals surface area contributed by atoms with Crippen molar-refractivity contribution in [3.05, 3.63) is 54.4 Å². The van der Waals surface area contributed by atoms with Gasteiger partial charge in [0, 0.05) is 0 Å². The summed E-state index contributed by atoms with van der Waals surface area (Å²) in [6, 6.07) is 9.25. The number of methoxy groups -OCH3 is 1. The maximum Gasteiger partial charge on any atom is 0.298 e. The second-order valence-corrected chi connectivity index (χ2v) is 6.48. The van der Waals surface area contributed by atoms with E-state index in [-0.39, 0.29) is 18.2 Å². The molecule has 1 aliphatic heterocycles. The van der Waals surface area contributed by atoms with E-state index in [1.54, 1.807) is 25.5 Å². The van der Waals surface area contributed by atoms with Gasteiger partial charge in [0.2, 0.25) is 5.76 Å². The Balaban J connectivity index is 1.74. The highest BCUT2D eigenvalue weighted by atomic mass is 32.1. The fraction of sp³-hybridized carbons (Fsp3) is 0.222. The Bertz CT molecular complexity index is 948. The zero-order valence-electron chi connectivity index (χ0n) is 14.0. The minimum atomic E-state index is -0.334. The van der Waals surface area contributed by atoms with Crippen molar-refractivity contribution in [3.63, 3.8) is 0 Å². The van der Waals surface area contributed by atoms with Crippen molar-refractivity contribution in [1.29, 1.82) is 0 Å². The first-order chi connectivity index (χ1) is 12.8. The van der Waals surface area contributed by atoms with Gasteiger partial charge in [0.25, 0.3) is 5.91 Å². The Kier molecular flexibility index (Phi) is 4.49. The SMILES string of the molecule is COc1cccc2sc(N(Cc3ccco3)C(=O)C3=COCCO3)nc12. The maximum atomic E-state index is 13.0. The quantitative estimate of drug-likeness (QED) is 0.684. The van der Waals surface area contributed by atoms with Gasteiger partial charge in [-0.25, -0.2) is 4.98 Å². The lowest BCUT2D eigenvalue weighted by Gasteiger charge is -2.22. The minimum absolute atomic E-state index is 0.147. The van der Waals surface area contributed by atoms with E-state index in [2.05, 4.69) is 4.98 Å². The maximum absolute atomic E-state index is 13.0. The summed E-state index contributed by atoms with van der Waals surface area (Å²) < 4.78 is 22.4. The molecule has 4 rings (SSSR count). The van der Waals surface area contributed by atoms with Gasteiger partial charge in [0.15, 0.2) is 5.13 Å². The third-order valence-electron chi connectivity index (χ3n) is 3.82. The first-order valence-corrected chi connectivity index (χ1v) is 8.80. The molecule has 2 aromatic heterocycles. The molecule has 7 nitrogen and oxygen atoms in total. The van der Waals surface area contributed by atoms with Crippen LogP contribution in [0.3, 0.4) is 0 Å². The molecule has 0 saturated heterocycles. The van der Waals surface area contributed by atoms with Crippen LogP contribution in [0.15, 0.2) is 53.0 Å². The van der Waals surface area contributed by atoms with E-state index in [1.165, 1.54) is 22.5 Å². The molecule has 8 heteroatoms. The number of fused-ring (bicyclic) bond motifs is 1. The van der Waals surface area contributed by atoms with Crippen LogP contribution in [0.25, 0.3) is 10.2 Å². The molecule has 0 spiro atoms. The normalized spacial score (nSPS) is 13.7. The van der Waals surface area contributed by atoms with Crippen LogP contribution in [0.5, 0.6) is 5.75 Å². The van der Waals surface area contributed by atoms with E-state index in [0.29, 0.717) is 35.4 Å². The fourth-order valence-corrected chi connectivity index (χ4v) is 3.57. The number of thiazole rings is 1. The summed E-state index contributed by atoms with van der Waals surface area (Å²) in [5, 5.41) is 0.529. The van der Waals surface area contributed by atoms with E-state index in [4.69, 9.17) is 18.6 Å². The van der Waals surface area contributed by atoms with Crippen molar-refractivity contribution < 1.29 is 23.4 Å². The lowest BCUT2D eigenvalue weighted by Crippen LogP contribution is -2.33. The predicted molar refractivity (Wildman–Crippen MR) is 96.1 cm³/mol. The van der Waals surface area contributed by atoms with Crippen LogP contribution in [-0.4, -0.2) is 31.2 Å². The van der Waals surface area contributed by atoms with Crippen molar-refractivity contribution in [1.82, 2.24) is 4.98 Å². The fourth-order valence-electron chi connectivity index (χ4n) is 2.59. The summed E-state index contributed by atoms with van der Waals surface area (Å²) in [6.07, 6.45) is 2.91. The number of aromatic nitrogens is 1. The molecule has 0 unspecified atom stereocenters. The van der Waals surface area contributed by atoms with Crippen LogP contribution in [0.2, 0.25) is 0 Å². The van der Waals surface area contributed by atoms with Gasteiger partial charge in [0.05, 0.1) is 24.6 Å². The van der Waals surface area contributed by atoms with Gasteiger partial charge in [-0.2, -0.15) is 0 Å². The zero-order valence-corrected chi connectivity index (χ0v) is 14.8. The average Bonchev–Trinajstić information content (AvgIpc) is 3.35. The Labute approximate surface area is 153 Å². The molecule has 3 heterocycles. The molecule has 0 bridgehead atoms. The van der Waals surface area contributed by atoms with Crippen molar-refractivity contribution in [2.24, 2.45) is 0 Å². The summed E-state index contributed by atoms with van der Waals surface area (Å²) in [6.45, 7) is 0.988. The number of hydrogen-bond acceptors (Lipinski definition) is 7. The van der Waals surface area contributed by atoms with E-state index in [9.17, 15) is 4.79 Å². The molecule has 0 fully saturated rings. The van der Waals surface area contributed by atoms with Crippen LogP contribution in [-0.2, 0) is 20.8 Å². The number of furan rings is 1. The monoisotopic (exact) mass is 372 g/mol. The van der Waals surface area contributed by atoms with Gasteiger partial charge in [-0.15, -0.1) is 0 Å². The van der Waals surface area contributed by atoms with E-state index in [0.717, 1.165) is 4.70 Å². The molecule has 1 aromatic carbocycles. The van der Waals surface area contributed by atoms with Crippen molar-refractivity contribution in [3.8, 4) is 5.75 Å². The highest BCUT2D eigenvalue weighted by Crippen LogP contribution is 2.35. The molecule has 26 heavy (non-hydrogen) atoms. The summed E-state index contributed by atoms with van der Waals surface area (Å²) >= 11 is 1.40. The number of rotatable bonds is 5. The number of hydrogen-bond donors (Lipinski definition) is 0. The molecule has 1 amide bonds. The van der Waals surface area contributed by atoms with Crippen LogP contribution in [0, 0.1) is 0 Å². The summed E-state index contributed by atoms with van der Waals surface area (Å²) in [5.74, 6) is 1.11. The molecule has 0 N–H and O–H groups in total. The van der Waals surface area contributed by atoms with E-state index < -0.39 is 0 Å². The third kappa shape index (κ3) is 3.11. The van der Waals surface area contributed by atoms with E-state index in [1.807, 2.05) is 18.2 Å². The topological polar surface area (TPSA) is 74.0 Å². The Morgan fingerprint density at radius 1 is 1.31 bits per heavy atom. The number of amides is 1. The van der Waals surface area contributed by atoms with Crippen LogP contribution in [0.4, 0.5) is 5.13 Å². The van der Waals surface area contributed by atoms with Gasteiger partial charge in [0.1, 0.15) is 36.5 Å². The first-order valence-electron chi connectivity index (χ1n) is 7.98. The number of benzene rings is 1. The first kappa shape index (κ1) is 16.5. The average molecular weight is 372 g/mol. The van der Waals surface area contributed by atoms with E-state index >= 15 is 0 Å². The van der Waals surface area contributed by atoms with Crippen molar-refractivity contribution in [2.75, 3.05) is 25.2 Å². The zero-order chi connectivity index (χ0) is 17.9. The Hall–Kier alpha value is -3.00. The van der Waals surface area contributed by atoms with Crippen LogP contribution in [0.1, 0.15) is 5.76 Å². The van der Waals surface area contributed by atoms with Crippen molar-refractivity contribution >= 4 is 32.6 Å². The van der Waals surface area contributed by atoms with Gasteiger partial charge in [-0.05, 0) is 24.3 Å². The lowest BCUT2D eigenvalue weighted by molar-refractivity contribution is -0.120. The Morgan fingerprint density at radius 2 is 2.23 bits per heavy atom. The lowest BCUT2D eigenvalue weighted by atomic mass is 10.3. The number of carbonyl (C=O) groups excluding carboxylic acids is 1. The highest BCUT2D eigenvalue weighted by molar-refractivity contribution is 7.22. The standard InChI is InChI=1S/C18H16N2O5S/c1-22-13-5-2-6-15-16(13)19-18(26-15)20(10-12-4-3-7-24-12)17(21)14-11-23-8-9-25-14/h2-7,11H,8-10H2,1H3. The number of para-hydroxylation sites is 1. The second-order valence-electron chi connectivity index (χ2n) is 5.48. The van der Waals surface area contributed by atoms with Gasteiger partial charge in [-0.3, -0.25) is 9.69 Å². The largest absolute Gasteiger partial charge is 0.494 e. The Morgan fingerprint density at radius 3 is 2.96 bits per heavy atom. The number of nitrogens with zero attached hydrogens (tertiary/aromatic N) is 2. The van der Waals surface area contributed by atoms with Gasteiger partial charge < -0.3 is 18.6 Å². The summed E-state index contributed by atoms with van der Waals surface area (Å²) in [4.78, 5) is 19.1. The summed E-state index contributed by atoms with van der Waals surface area (Å²) in [5.41, 5.74) is 0.710. The molecular weight excluding hydrogens is 356 g/mol. The molecule has 0 aliphatic carbocycles. The van der Waals surface area contributed by atoms with Crippen LogP contribution >= 0.6 is 11.3 Å². The van der Waals surface area contributed by atoms with Crippen molar-refractivity contribution in [2.45, 2.75) is 6.54 Å². The molecule has 134 valence electrons. The molecular formula is C18H16N2O5S. The van der Waals surface area contributed by atoms with Gasteiger partial charge >= 0.3 is 0 Å². The third-order valence-corrected chi connectivity index (χ3v) is 4.86. The van der Waals surface area contributed by atoms with Crippen LogP contribution < -0.4 is 9.64 Å². The molecule has 0 atom stereocenters. The smallest absolute Gasteiger partial charge is 0.298 e.